The van der Waals surface area contributed by atoms with Crippen LogP contribution in [0, 0.1) is 0 Å². The maximum absolute atomic E-state index is 9.22. The molecule has 9 heteroatoms. The van der Waals surface area contributed by atoms with Crippen molar-refractivity contribution in [3.63, 3.8) is 0 Å². The lowest BCUT2D eigenvalue weighted by Crippen LogP contribution is -2.51. The van der Waals surface area contributed by atoms with E-state index in [-0.39, 0.29) is 6.61 Å². The van der Waals surface area contributed by atoms with Gasteiger partial charge in [-0.15, -0.1) is 0 Å². The molecule has 0 aliphatic rings. The topological polar surface area (TPSA) is 139 Å². The zero-order valence-electron chi connectivity index (χ0n) is 10.3. The molecule has 17 heavy (non-hydrogen) atoms. The summed E-state index contributed by atoms with van der Waals surface area (Å²) >= 11 is 0. The summed E-state index contributed by atoms with van der Waals surface area (Å²) in [5.74, 6) is 0. The maximum Gasteiger partial charge on any atom is 0.217 e. The second kappa shape index (κ2) is 9.71. The van der Waals surface area contributed by atoms with E-state index in [9.17, 15) is 13.0 Å². The normalized spacial score (nSPS) is 11.9. The van der Waals surface area contributed by atoms with Gasteiger partial charge in [0, 0.05) is 13.1 Å². The van der Waals surface area contributed by atoms with Crippen LogP contribution in [-0.2, 0) is 14.6 Å². The van der Waals surface area contributed by atoms with Crippen molar-refractivity contribution in [2.45, 2.75) is 0 Å². The highest BCUT2D eigenvalue weighted by Crippen LogP contribution is 1.98. The molecule has 0 saturated carbocycles. The third-order valence-electron chi connectivity index (χ3n) is 2.18. The van der Waals surface area contributed by atoms with Gasteiger partial charge in [-0.2, -0.15) is 0 Å². The minimum atomic E-state index is -4.41. The van der Waals surface area contributed by atoms with Crippen LogP contribution in [-0.4, -0.2) is 76.0 Å². The fourth-order valence-electron chi connectivity index (χ4n) is 1.20. The van der Waals surface area contributed by atoms with Gasteiger partial charge >= 0.3 is 0 Å². The zero-order chi connectivity index (χ0) is 13.9. The van der Waals surface area contributed by atoms with E-state index in [0.29, 0.717) is 13.1 Å². The molecule has 0 rings (SSSR count). The highest BCUT2D eigenvalue weighted by atomic mass is 32.3. The van der Waals surface area contributed by atoms with Gasteiger partial charge < -0.3 is 25.6 Å². The van der Waals surface area contributed by atoms with E-state index in [1.54, 1.807) is 0 Å². The van der Waals surface area contributed by atoms with E-state index in [4.69, 9.17) is 16.6 Å². The fourth-order valence-corrected chi connectivity index (χ4v) is 1.20. The summed E-state index contributed by atoms with van der Waals surface area (Å²) in [6.45, 7) is 4.02. The van der Waals surface area contributed by atoms with Crippen LogP contribution in [0.2, 0.25) is 0 Å². The van der Waals surface area contributed by atoms with Gasteiger partial charge in [0.05, 0.1) is 33.9 Å². The van der Waals surface area contributed by atoms with Crippen LogP contribution in [0.1, 0.15) is 0 Å². The van der Waals surface area contributed by atoms with E-state index in [1.807, 2.05) is 0 Å². The average molecular weight is 273 g/mol. The number of rotatable bonds is 7. The molecule has 0 radical (unpaired) electrons. The molecule has 0 fully saturated rings. The Morgan fingerprint density at radius 1 is 1.24 bits per heavy atom. The number of aliphatic hydroxyl groups is 1. The monoisotopic (exact) mass is 273 g/mol. The summed E-state index contributed by atoms with van der Waals surface area (Å²) in [6.07, 6.45) is 0. The molecule has 0 amide bonds. The number of nitrogens with zero attached hydrogens (tertiary/aromatic N) is 1. The van der Waals surface area contributed by atoms with E-state index in [1.165, 1.54) is 0 Å². The zero-order valence-corrected chi connectivity index (χ0v) is 11.1. The SMILES string of the molecule is COS(=O)(=O)[O-].C[N+](CCN)(CCN)CCO. The molecule has 0 spiro atoms. The van der Waals surface area contributed by atoms with Gasteiger partial charge in [-0.1, -0.05) is 0 Å². The molecular formula is C8H23N3O5S. The lowest BCUT2D eigenvalue weighted by molar-refractivity contribution is -0.907. The quantitative estimate of drug-likeness (QED) is 0.263. The Kier molecular flexibility index (Phi) is 10.9. The first-order valence-electron chi connectivity index (χ1n) is 5.10. The predicted octanol–water partition coefficient (Wildman–Crippen LogP) is -2.56. The number of aliphatic hydroxyl groups excluding tert-OH is 1. The van der Waals surface area contributed by atoms with Gasteiger partial charge in [0.15, 0.2) is 0 Å². The molecule has 0 aromatic rings. The van der Waals surface area contributed by atoms with Crippen molar-refractivity contribution in [3.8, 4) is 0 Å². The number of nitrogens with two attached hydrogens (primary N) is 2. The van der Waals surface area contributed by atoms with Crippen molar-refractivity contribution in [2.75, 3.05) is 53.5 Å². The van der Waals surface area contributed by atoms with Crippen molar-refractivity contribution >= 4 is 10.4 Å². The first-order chi connectivity index (χ1) is 7.74. The number of quaternary nitrogens is 1. The van der Waals surface area contributed by atoms with Crippen molar-refractivity contribution in [1.82, 2.24) is 0 Å². The summed E-state index contributed by atoms with van der Waals surface area (Å²) in [6, 6.07) is 0. The second-order valence-corrected chi connectivity index (χ2v) is 4.82. The molecule has 0 saturated heterocycles. The molecule has 0 aliphatic heterocycles. The molecular weight excluding hydrogens is 250 g/mol. The molecule has 106 valence electrons. The van der Waals surface area contributed by atoms with Crippen molar-refractivity contribution in [1.29, 1.82) is 0 Å². The highest BCUT2D eigenvalue weighted by molar-refractivity contribution is 7.80. The third-order valence-corrected chi connectivity index (χ3v) is 2.59. The van der Waals surface area contributed by atoms with Gasteiger partial charge in [-0.25, -0.2) is 8.42 Å². The smallest absolute Gasteiger partial charge is 0.217 e. The highest BCUT2D eigenvalue weighted by Gasteiger charge is 2.17. The molecule has 0 heterocycles. The Bertz CT molecular complexity index is 253. The van der Waals surface area contributed by atoms with Crippen molar-refractivity contribution < 1.29 is 26.7 Å². The fraction of sp³-hybridized carbons (Fsp3) is 1.00. The first-order valence-corrected chi connectivity index (χ1v) is 6.44. The van der Waals surface area contributed by atoms with E-state index in [2.05, 4.69) is 11.2 Å². The van der Waals surface area contributed by atoms with Crippen molar-refractivity contribution in [3.05, 3.63) is 0 Å². The van der Waals surface area contributed by atoms with Crippen LogP contribution in [0.5, 0.6) is 0 Å². The van der Waals surface area contributed by atoms with Crippen LogP contribution in [0.4, 0.5) is 0 Å². The number of hydrogen-bond acceptors (Lipinski definition) is 7. The molecule has 0 aromatic heterocycles. The number of likely N-dealkylation sites (N-methyl/N-ethyl adjacent to an activating group) is 1. The molecule has 0 unspecified atom stereocenters. The van der Waals surface area contributed by atoms with Crippen LogP contribution < -0.4 is 11.5 Å². The van der Waals surface area contributed by atoms with E-state index < -0.39 is 10.4 Å². The van der Waals surface area contributed by atoms with Gasteiger partial charge in [-0.05, 0) is 0 Å². The van der Waals surface area contributed by atoms with Crippen molar-refractivity contribution in [2.24, 2.45) is 11.5 Å². The minimum Gasteiger partial charge on any atom is -0.726 e. The Balaban J connectivity index is 0. The Morgan fingerprint density at radius 2 is 1.59 bits per heavy atom. The average Bonchev–Trinajstić information content (AvgIpc) is 2.18. The predicted molar refractivity (Wildman–Crippen MR) is 62.7 cm³/mol. The van der Waals surface area contributed by atoms with Crippen LogP contribution >= 0.6 is 0 Å². The van der Waals surface area contributed by atoms with E-state index in [0.717, 1.165) is 31.2 Å². The van der Waals surface area contributed by atoms with Gasteiger partial charge in [-0.3, -0.25) is 4.18 Å². The van der Waals surface area contributed by atoms with Crippen LogP contribution in [0.25, 0.3) is 0 Å². The van der Waals surface area contributed by atoms with Crippen LogP contribution in [0.15, 0.2) is 0 Å². The van der Waals surface area contributed by atoms with Crippen LogP contribution in [0.3, 0.4) is 0 Å². The van der Waals surface area contributed by atoms with Gasteiger partial charge in [0.25, 0.3) is 0 Å². The third kappa shape index (κ3) is 13.6. The molecule has 0 atom stereocenters. The van der Waals surface area contributed by atoms with Gasteiger partial charge in [0.1, 0.15) is 6.54 Å². The molecule has 8 nitrogen and oxygen atoms in total. The molecule has 5 N–H and O–H groups in total. The summed E-state index contributed by atoms with van der Waals surface area (Å²) in [7, 11) is -1.54. The Hall–Kier alpha value is -0.290. The first kappa shape index (κ1) is 19.1. The Morgan fingerprint density at radius 3 is 1.76 bits per heavy atom. The summed E-state index contributed by atoms with van der Waals surface area (Å²) in [5, 5.41) is 8.76. The largest absolute Gasteiger partial charge is 0.726 e. The molecule has 0 aliphatic carbocycles. The lowest BCUT2D eigenvalue weighted by Gasteiger charge is -2.33. The Labute approximate surface area is 103 Å². The van der Waals surface area contributed by atoms with E-state index >= 15 is 0 Å². The summed E-state index contributed by atoms with van der Waals surface area (Å²) < 4.78 is 31.8. The minimum absolute atomic E-state index is 0.205. The number of hydrogen-bond donors (Lipinski definition) is 3. The lowest BCUT2D eigenvalue weighted by atomic mass is 10.3. The second-order valence-electron chi connectivity index (χ2n) is 3.67. The molecule has 0 aromatic carbocycles. The summed E-state index contributed by atoms with van der Waals surface area (Å²) in [5.41, 5.74) is 10.9. The maximum atomic E-state index is 9.22. The summed E-state index contributed by atoms with van der Waals surface area (Å²) in [4.78, 5) is 0. The molecule has 0 bridgehead atoms. The standard InChI is InChI=1S/C7H20N3O.CH4O4S/c1-10(4-2-8,5-3-9)6-7-11;1-5-6(2,3)4/h11H,2-9H2,1H3;1H3,(H,2,3,4)/q+1;/p-1. The van der Waals surface area contributed by atoms with Gasteiger partial charge in [0.2, 0.25) is 10.4 Å².